The summed E-state index contributed by atoms with van der Waals surface area (Å²) in [6, 6.07) is -0.433. The van der Waals surface area contributed by atoms with Crippen LogP contribution in [0.2, 0.25) is 0 Å². The van der Waals surface area contributed by atoms with Crippen molar-refractivity contribution in [3.8, 4) is 0 Å². The third kappa shape index (κ3) is 4.38. The molecule has 6 heteroatoms. The van der Waals surface area contributed by atoms with Crippen molar-refractivity contribution in [2.45, 2.75) is 33.2 Å². The highest BCUT2D eigenvalue weighted by molar-refractivity contribution is 5.74. The average Bonchev–Trinajstić information content (AvgIpc) is 2.81. The van der Waals surface area contributed by atoms with Crippen LogP contribution in [0.4, 0.5) is 4.79 Å². The molecular formula is C13H23NO5. The minimum Gasteiger partial charge on any atom is -0.481 e. The molecule has 0 aliphatic carbocycles. The first-order valence-corrected chi connectivity index (χ1v) is 6.71. The maximum atomic E-state index is 12.0. The summed E-state index contributed by atoms with van der Waals surface area (Å²) in [5, 5.41) is 9.14. The van der Waals surface area contributed by atoms with Crippen LogP contribution in [0.15, 0.2) is 0 Å². The SMILES string of the molecule is CCCN(C(=O)OCC(C)C)C1COCC1C(=O)O. The molecule has 0 aromatic rings. The molecule has 2 atom stereocenters. The lowest BCUT2D eigenvalue weighted by molar-refractivity contribution is -0.143. The van der Waals surface area contributed by atoms with E-state index in [9.17, 15) is 9.59 Å². The number of carbonyl (C=O) groups excluding carboxylic acids is 1. The van der Waals surface area contributed by atoms with E-state index in [0.717, 1.165) is 6.42 Å². The predicted octanol–water partition coefficient (Wildman–Crippen LogP) is 1.59. The van der Waals surface area contributed by atoms with Gasteiger partial charge in [0, 0.05) is 6.54 Å². The van der Waals surface area contributed by atoms with Crippen LogP contribution < -0.4 is 0 Å². The second-order valence-electron chi connectivity index (χ2n) is 5.21. The largest absolute Gasteiger partial charge is 0.481 e. The van der Waals surface area contributed by atoms with Crippen LogP contribution >= 0.6 is 0 Å². The van der Waals surface area contributed by atoms with Gasteiger partial charge < -0.3 is 19.5 Å². The van der Waals surface area contributed by atoms with E-state index in [2.05, 4.69) is 0 Å². The molecule has 1 heterocycles. The smallest absolute Gasteiger partial charge is 0.410 e. The minimum absolute atomic E-state index is 0.150. The number of carbonyl (C=O) groups is 2. The molecule has 110 valence electrons. The van der Waals surface area contributed by atoms with E-state index >= 15 is 0 Å². The zero-order chi connectivity index (χ0) is 14.4. The van der Waals surface area contributed by atoms with Crippen molar-refractivity contribution in [3.05, 3.63) is 0 Å². The Hall–Kier alpha value is -1.30. The van der Waals surface area contributed by atoms with E-state index in [1.165, 1.54) is 4.90 Å². The molecule has 0 saturated carbocycles. The van der Waals surface area contributed by atoms with Gasteiger partial charge >= 0.3 is 12.1 Å². The van der Waals surface area contributed by atoms with E-state index < -0.39 is 24.0 Å². The summed E-state index contributed by atoms with van der Waals surface area (Å²) in [6.45, 7) is 7.07. The van der Waals surface area contributed by atoms with E-state index in [4.69, 9.17) is 14.6 Å². The molecule has 0 radical (unpaired) electrons. The van der Waals surface area contributed by atoms with Crippen LogP contribution in [0.25, 0.3) is 0 Å². The van der Waals surface area contributed by atoms with Gasteiger partial charge in [0.05, 0.1) is 25.9 Å². The van der Waals surface area contributed by atoms with Gasteiger partial charge in [0.1, 0.15) is 5.92 Å². The van der Waals surface area contributed by atoms with Crippen molar-refractivity contribution in [1.82, 2.24) is 4.90 Å². The Labute approximate surface area is 113 Å². The molecule has 2 unspecified atom stereocenters. The van der Waals surface area contributed by atoms with Gasteiger partial charge in [0.15, 0.2) is 0 Å². The van der Waals surface area contributed by atoms with Gasteiger partial charge in [0.25, 0.3) is 0 Å². The monoisotopic (exact) mass is 273 g/mol. The van der Waals surface area contributed by atoms with E-state index in [-0.39, 0.29) is 19.1 Å². The third-order valence-electron chi connectivity index (χ3n) is 3.01. The van der Waals surface area contributed by atoms with Crippen molar-refractivity contribution in [1.29, 1.82) is 0 Å². The van der Waals surface area contributed by atoms with Gasteiger partial charge in [-0.3, -0.25) is 4.79 Å². The second-order valence-corrected chi connectivity index (χ2v) is 5.21. The molecule has 0 aromatic heterocycles. The minimum atomic E-state index is -0.930. The van der Waals surface area contributed by atoms with Gasteiger partial charge in [-0.05, 0) is 12.3 Å². The summed E-state index contributed by atoms with van der Waals surface area (Å²) >= 11 is 0. The van der Waals surface area contributed by atoms with Crippen molar-refractivity contribution < 1.29 is 24.2 Å². The Morgan fingerprint density at radius 3 is 2.63 bits per heavy atom. The lowest BCUT2D eigenvalue weighted by atomic mass is 10.0. The summed E-state index contributed by atoms with van der Waals surface area (Å²) in [6.07, 6.45) is 0.303. The first-order valence-electron chi connectivity index (χ1n) is 6.71. The topological polar surface area (TPSA) is 76.1 Å². The normalized spacial score (nSPS) is 22.5. The van der Waals surface area contributed by atoms with Gasteiger partial charge in [-0.15, -0.1) is 0 Å². The number of nitrogens with zero attached hydrogens (tertiary/aromatic N) is 1. The van der Waals surface area contributed by atoms with Crippen LogP contribution in [0.3, 0.4) is 0 Å². The van der Waals surface area contributed by atoms with Crippen molar-refractivity contribution in [3.63, 3.8) is 0 Å². The number of ether oxygens (including phenoxy) is 2. The highest BCUT2D eigenvalue weighted by Crippen LogP contribution is 2.21. The highest BCUT2D eigenvalue weighted by atomic mass is 16.6. The molecule has 0 bridgehead atoms. The number of hydrogen-bond donors (Lipinski definition) is 1. The fraction of sp³-hybridized carbons (Fsp3) is 0.846. The first-order chi connectivity index (χ1) is 8.97. The Kier molecular flexibility index (Phi) is 6.08. The first kappa shape index (κ1) is 15.8. The summed E-state index contributed by atoms with van der Waals surface area (Å²) in [7, 11) is 0. The summed E-state index contributed by atoms with van der Waals surface area (Å²) in [5.74, 6) is -1.35. The van der Waals surface area contributed by atoms with Crippen LogP contribution in [0, 0.1) is 11.8 Å². The fourth-order valence-electron chi connectivity index (χ4n) is 2.04. The average molecular weight is 273 g/mol. The zero-order valence-corrected chi connectivity index (χ0v) is 11.8. The number of carboxylic acids is 1. The molecule has 1 N–H and O–H groups in total. The number of hydrogen-bond acceptors (Lipinski definition) is 4. The van der Waals surface area contributed by atoms with E-state index in [1.54, 1.807) is 0 Å². The quantitative estimate of drug-likeness (QED) is 0.795. The van der Waals surface area contributed by atoms with Crippen LogP contribution in [-0.4, -0.2) is 54.5 Å². The fourth-order valence-corrected chi connectivity index (χ4v) is 2.04. The number of rotatable bonds is 6. The molecule has 1 fully saturated rings. The standard InChI is InChI=1S/C13H23NO5/c1-4-5-14(13(17)19-6-9(2)3)11-8-18-7-10(11)12(15)16/h9-11H,4-8H2,1-3H3,(H,15,16). The number of amides is 1. The van der Waals surface area contributed by atoms with Crippen LogP contribution in [-0.2, 0) is 14.3 Å². The number of carboxylic acid groups (broad SMARTS) is 1. The molecule has 1 rings (SSSR count). The highest BCUT2D eigenvalue weighted by Gasteiger charge is 2.40. The summed E-state index contributed by atoms with van der Waals surface area (Å²) < 4.78 is 10.4. The summed E-state index contributed by atoms with van der Waals surface area (Å²) in [4.78, 5) is 24.7. The number of aliphatic carboxylic acids is 1. The Bertz CT molecular complexity index is 318. The second kappa shape index (κ2) is 7.33. The van der Waals surface area contributed by atoms with E-state index in [1.807, 2.05) is 20.8 Å². The molecular weight excluding hydrogens is 250 g/mol. The maximum absolute atomic E-state index is 12.0. The lowest BCUT2D eigenvalue weighted by Gasteiger charge is -2.29. The molecule has 19 heavy (non-hydrogen) atoms. The third-order valence-corrected chi connectivity index (χ3v) is 3.01. The van der Waals surface area contributed by atoms with Crippen molar-refractivity contribution in [2.75, 3.05) is 26.4 Å². The Morgan fingerprint density at radius 2 is 2.11 bits per heavy atom. The predicted molar refractivity (Wildman–Crippen MR) is 68.9 cm³/mol. The molecule has 0 spiro atoms. The lowest BCUT2D eigenvalue weighted by Crippen LogP contribution is -2.47. The van der Waals surface area contributed by atoms with Gasteiger partial charge in [0.2, 0.25) is 0 Å². The van der Waals surface area contributed by atoms with Crippen LogP contribution in [0.5, 0.6) is 0 Å². The van der Waals surface area contributed by atoms with E-state index in [0.29, 0.717) is 13.2 Å². The summed E-state index contributed by atoms with van der Waals surface area (Å²) in [5.41, 5.74) is 0. The van der Waals surface area contributed by atoms with Gasteiger partial charge in [-0.1, -0.05) is 20.8 Å². The van der Waals surface area contributed by atoms with Gasteiger partial charge in [-0.25, -0.2) is 4.79 Å². The zero-order valence-electron chi connectivity index (χ0n) is 11.8. The maximum Gasteiger partial charge on any atom is 0.410 e. The molecule has 1 aliphatic heterocycles. The molecule has 0 aromatic carbocycles. The van der Waals surface area contributed by atoms with Crippen molar-refractivity contribution in [2.24, 2.45) is 11.8 Å². The Morgan fingerprint density at radius 1 is 1.42 bits per heavy atom. The van der Waals surface area contributed by atoms with Crippen molar-refractivity contribution >= 4 is 12.1 Å². The molecule has 1 amide bonds. The molecule has 1 saturated heterocycles. The van der Waals surface area contributed by atoms with Gasteiger partial charge in [-0.2, -0.15) is 0 Å². The molecule has 6 nitrogen and oxygen atoms in total. The Balaban J connectivity index is 2.70. The van der Waals surface area contributed by atoms with Crippen LogP contribution in [0.1, 0.15) is 27.2 Å². The molecule has 1 aliphatic rings.